The molecule has 0 aromatic carbocycles. The van der Waals surface area contributed by atoms with Crippen molar-refractivity contribution in [2.75, 3.05) is 0 Å². The smallest absolute Gasteiger partial charge is 0.309 e. The Bertz CT molecular complexity index is 610. The van der Waals surface area contributed by atoms with Gasteiger partial charge in [0.1, 0.15) is 11.7 Å². The highest BCUT2D eigenvalue weighted by molar-refractivity contribution is 6.06. The Morgan fingerprint density at radius 2 is 2.00 bits per heavy atom. The van der Waals surface area contributed by atoms with E-state index in [2.05, 4.69) is 0 Å². The molecule has 4 rings (SSSR count). The second-order valence-electron chi connectivity index (χ2n) is 7.40. The summed E-state index contributed by atoms with van der Waals surface area (Å²) in [4.78, 5) is 24.6. The number of ketones is 1. The van der Waals surface area contributed by atoms with Crippen LogP contribution < -0.4 is 0 Å². The van der Waals surface area contributed by atoms with Gasteiger partial charge in [-0.2, -0.15) is 0 Å². The summed E-state index contributed by atoms with van der Waals surface area (Å²) in [5, 5.41) is 10.6. The van der Waals surface area contributed by atoms with Crippen LogP contribution in [0.3, 0.4) is 0 Å². The molecule has 5 heteroatoms. The van der Waals surface area contributed by atoms with Crippen LogP contribution >= 0.6 is 0 Å². The van der Waals surface area contributed by atoms with Gasteiger partial charge in [-0.25, -0.2) is 0 Å². The molecule has 2 heterocycles. The van der Waals surface area contributed by atoms with E-state index in [4.69, 9.17) is 9.47 Å². The number of ether oxygens (including phenoxy) is 2. The Hall–Kier alpha value is -1.20. The molecule has 2 aliphatic heterocycles. The fourth-order valence-electron chi connectivity index (χ4n) is 5.17. The first-order chi connectivity index (χ1) is 9.69. The average Bonchev–Trinajstić information content (AvgIpc) is 2.84. The van der Waals surface area contributed by atoms with Crippen molar-refractivity contribution in [3.63, 3.8) is 0 Å². The molecule has 0 amide bonds. The summed E-state index contributed by atoms with van der Waals surface area (Å²) in [6.45, 7) is 7.50. The van der Waals surface area contributed by atoms with E-state index in [1.54, 1.807) is 13.0 Å². The lowest BCUT2D eigenvalue weighted by Crippen LogP contribution is -2.51. The molecule has 21 heavy (non-hydrogen) atoms. The molecule has 1 spiro atoms. The molecular formula is C16H20O5. The van der Waals surface area contributed by atoms with E-state index in [1.807, 2.05) is 20.8 Å². The molecule has 7 atom stereocenters. The lowest BCUT2D eigenvalue weighted by atomic mass is 9.65. The lowest BCUT2D eigenvalue weighted by Gasteiger charge is -2.38. The third kappa shape index (κ3) is 1.15. The maximum Gasteiger partial charge on any atom is 0.309 e. The zero-order valence-electron chi connectivity index (χ0n) is 12.7. The van der Waals surface area contributed by atoms with Gasteiger partial charge in [0.25, 0.3) is 0 Å². The number of epoxide rings is 1. The minimum absolute atomic E-state index is 0.0616. The topological polar surface area (TPSA) is 76.1 Å². The molecule has 1 N–H and O–H groups in total. The third-order valence-corrected chi connectivity index (χ3v) is 6.48. The second-order valence-corrected chi connectivity index (χ2v) is 7.40. The Morgan fingerprint density at radius 3 is 2.67 bits per heavy atom. The lowest BCUT2D eigenvalue weighted by molar-refractivity contribution is -0.150. The summed E-state index contributed by atoms with van der Waals surface area (Å²) >= 11 is 0. The van der Waals surface area contributed by atoms with Crippen LogP contribution in [0.25, 0.3) is 0 Å². The Balaban J connectivity index is 1.93. The van der Waals surface area contributed by atoms with Gasteiger partial charge in [-0.3, -0.25) is 9.59 Å². The van der Waals surface area contributed by atoms with Gasteiger partial charge in [-0.1, -0.05) is 12.5 Å². The van der Waals surface area contributed by atoms with Crippen molar-refractivity contribution < 1.29 is 24.2 Å². The maximum absolute atomic E-state index is 12.6. The highest BCUT2D eigenvalue weighted by Gasteiger charge is 2.85. The molecule has 114 valence electrons. The quantitative estimate of drug-likeness (QED) is 0.532. The highest BCUT2D eigenvalue weighted by atomic mass is 16.6. The van der Waals surface area contributed by atoms with E-state index >= 15 is 0 Å². The number of esters is 1. The zero-order chi connectivity index (χ0) is 15.4. The first kappa shape index (κ1) is 13.5. The molecular weight excluding hydrogens is 272 g/mol. The number of fused-ring (bicyclic) bond motifs is 2. The van der Waals surface area contributed by atoms with E-state index in [9.17, 15) is 14.7 Å². The second kappa shape index (κ2) is 3.41. The fraction of sp³-hybridized carbons (Fsp3) is 0.750. The normalized spacial score (nSPS) is 57.9. The van der Waals surface area contributed by atoms with Crippen LogP contribution in [0.1, 0.15) is 34.1 Å². The molecule has 2 saturated heterocycles. The van der Waals surface area contributed by atoms with Gasteiger partial charge < -0.3 is 14.6 Å². The number of aliphatic hydroxyl groups excluding tert-OH is 1. The summed E-state index contributed by atoms with van der Waals surface area (Å²) in [5.41, 5.74) is -1.47. The molecule has 4 aliphatic rings. The van der Waals surface area contributed by atoms with Gasteiger partial charge in [0, 0.05) is 12.3 Å². The maximum atomic E-state index is 12.6. The largest absolute Gasteiger partial charge is 0.461 e. The van der Waals surface area contributed by atoms with Gasteiger partial charge in [-0.15, -0.1) is 0 Å². The number of hydrogen-bond donors (Lipinski definition) is 1. The molecule has 1 saturated carbocycles. The van der Waals surface area contributed by atoms with Crippen molar-refractivity contribution in [2.45, 2.75) is 57.5 Å². The van der Waals surface area contributed by atoms with Gasteiger partial charge in [-0.05, 0) is 26.8 Å². The Kier molecular flexibility index (Phi) is 2.19. The van der Waals surface area contributed by atoms with Crippen LogP contribution in [-0.4, -0.2) is 40.3 Å². The highest BCUT2D eigenvalue weighted by Crippen LogP contribution is 2.71. The van der Waals surface area contributed by atoms with E-state index in [0.717, 1.165) is 5.57 Å². The number of aliphatic hydroxyl groups is 1. The van der Waals surface area contributed by atoms with Crippen molar-refractivity contribution in [3.05, 3.63) is 11.6 Å². The van der Waals surface area contributed by atoms with Gasteiger partial charge in [0.05, 0.1) is 17.4 Å². The molecule has 0 bridgehead atoms. The summed E-state index contributed by atoms with van der Waals surface area (Å²) in [7, 11) is 0. The molecule has 3 fully saturated rings. The standard InChI is InChI=1S/C16H20O5/c1-7-5-10(18)16-14(3,21-16)6-9(17)11-8(2)13(19)20-12(11)15(7,16)4/h5,8-9,11-12,17H,6H2,1-4H3/t8-,9+,11-,12+,14-,15-,16-/m1/s1. The van der Waals surface area contributed by atoms with Crippen molar-refractivity contribution in [1.82, 2.24) is 0 Å². The summed E-state index contributed by atoms with van der Waals surface area (Å²) < 4.78 is 11.6. The summed E-state index contributed by atoms with van der Waals surface area (Å²) in [5.74, 6) is -1.00. The number of hydrogen-bond acceptors (Lipinski definition) is 5. The predicted octanol–water partition coefficient (Wildman–Crippen LogP) is 0.992. The van der Waals surface area contributed by atoms with Crippen LogP contribution in [0.2, 0.25) is 0 Å². The molecule has 0 radical (unpaired) electrons. The van der Waals surface area contributed by atoms with Crippen LogP contribution in [0.15, 0.2) is 11.6 Å². The van der Waals surface area contributed by atoms with Crippen LogP contribution in [-0.2, 0) is 19.1 Å². The van der Waals surface area contributed by atoms with E-state index in [0.29, 0.717) is 6.42 Å². The minimum atomic E-state index is -0.977. The number of carbonyl (C=O) groups is 2. The van der Waals surface area contributed by atoms with Gasteiger partial charge in [0.2, 0.25) is 0 Å². The molecule has 0 aromatic rings. The molecule has 0 aromatic heterocycles. The van der Waals surface area contributed by atoms with E-state index < -0.39 is 28.8 Å². The van der Waals surface area contributed by atoms with Crippen LogP contribution in [0, 0.1) is 17.3 Å². The van der Waals surface area contributed by atoms with E-state index in [-0.39, 0.29) is 23.6 Å². The average molecular weight is 292 g/mol. The Morgan fingerprint density at radius 1 is 1.33 bits per heavy atom. The van der Waals surface area contributed by atoms with E-state index in [1.165, 1.54) is 0 Å². The third-order valence-electron chi connectivity index (χ3n) is 6.48. The molecule has 0 unspecified atom stereocenters. The van der Waals surface area contributed by atoms with Crippen molar-refractivity contribution in [3.8, 4) is 0 Å². The summed E-state index contributed by atoms with van der Waals surface area (Å²) in [6.07, 6.45) is 0.764. The van der Waals surface area contributed by atoms with Gasteiger partial charge in [0.15, 0.2) is 11.4 Å². The fourth-order valence-corrected chi connectivity index (χ4v) is 5.17. The van der Waals surface area contributed by atoms with Crippen LogP contribution in [0.4, 0.5) is 0 Å². The van der Waals surface area contributed by atoms with Crippen molar-refractivity contribution in [1.29, 1.82) is 0 Å². The van der Waals surface area contributed by atoms with Crippen LogP contribution in [0.5, 0.6) is 0 Å². The number of rotatable bonds is 0. The van der Waals surface area contributed by atoms with Crippen molar-refractivity contribution in [2.24, 2.45) is 17.3 Å². The Labute approximate surface area is 123 Å². The molecule has 2 aliphatic carbocycles. The first-order valence-electron chi connectivity index (χ1n) is 7.51. The molecule has 5 nitrogen and oxygen atoms in total. The predicted molar refractivity (Wildman–Crippen MR) is 72.2 cm³/mol. The first-order valence-corrected chi connectivity index (χ1v) is 7.51. The SMILES string of the molecule is CC1=CC(=O)[C@@]23O[C@]2(C)C[C@H](O)[C@H]2[C@@H](C)C(=O)O[C@@H]2[C@@]13C. The van der Waals surface area contributed by atoms with Crippen molar-refractivity contribution >= 4 is 11.8 Å². The monoisotopic (exact) mass is 292 g/mol. The summed E-state index contributed by atoms with van der Waals surface area (Å²) in [6, 6.07) is 0. The van der Waals surface area contributed by atoms with Gasteiger partial charge >= 0.3 is 5.97 Å². The number of carbonyl (C=O) groups excluding carboxylic acids is 2. The zero-order valence-corrected chi connectivity index (χ0v) is 12.7. The minimum Gasteiger partial charge on any atom is -0.461 e.